The number of amides is 3. The topological polar surface area (TPSA) is 93.8 Å². The molecule has 2 aliphatic rings. The molecule has 2 saturated heterocycles. The number of nitrogens with zero attached hydrogens (tertiary/aromatic N) is 2. The highest BCUT2D eigenvalue weighted by Gasteiger charge is 2.56. The lowest BCUT2D eigenvalue weighted by molar-refractivity contribution is -0.137. The molecule has 1 aromatic carbocycles. The Morgan fingerprint density at radius 3 is 2.52 bits per heavy atom. The monoisotopic (exact) mass is 515 g/mol. The Hall–Kier alpha value is -1.52. The van der Waals surface area contributed by atoms with Gasteiger partial charge in [-0.2, -0.15) is 4.48 Å². The van der Waals surface area contributed by atoms with E-state index in [1.165, 1.54) is 6.42 Å². The number of carbonyl (C=O) groups excluding carboxylic acids is 2. The SMILES string of the molecule is CC1C[N+](C(=O)N=C2CCCCCCN2)(c2ccccc2)C(C(N)=O)C(C)O1.I. The van der Waals surface area contributed by atoms with Gasteiger partial charge >= 0.3 is 6.03 Å². The van der Waals surface area contributed by atoms with E-state index in [-0.39, 0.29) is 40.6 Å². The Bertz CT molecular complexity index is 733. The molecule has 0 aliphatic carbocycles. The van der Waals surface area contributed by atoms with Gasteiger partial charge in [-0.05, 0) is 38.8 Å². The smallest absolute Gasteiger partial charge is 0.373 e. The lowest BCUT2D eigenvalue weighted by atomic mass is 10.00. The Morgan fingerprint density at radius 2 is 1.83 bits per heavy atom. The summed E-state index contributed by atoms with van der Waals surface area (Å²) in [5.74, 6) is 0.149. The van der Waals surface area contributed by atoms with Crippen LogP contribution >= 0.6 is 24.0 Å². The number of morpholine rings is 1. The number of nitrogens with one attached hydrogen (secondary N) is 1. The van der Waals surface area contributed by atoms with Gasteiger partial charge in [-0.1, -0.05) is 31.0 Å². The van der Waals surface area contributed by atoms with Crippen LogP contribution in [0.2, 0.25) is 0 Å². The molecule has 4 atom stereocenters. The standard InChI is InChI=1S/C21H30N4O3.HI/c1-15-14-25(17-10-6-5-7-11-17,19(20(22)26)16(2)28-15)21(27)24-18-12-8-3-4-9-13-23-18;/h5-7,10-11,15-16,19H,3-4,8-9,12-14H2,1-2H3,(H2-,22,23,24,26,27);1H/p+1. The van der Waals surface area contributed by atoms with E-state index in [1.807, 2.05) is 37.3 Å². The molecule has 4 unspecified atom stereocenters. The molecule has 0 spiro atoms. The largest absolute Gasteiger partial charge is 0.450 e. The number of hydrogen-bond donors (Lipinski definition) is 2. The van der Waals surface area contributed by atoms with Crippen molar-refractivity contribution in [2.75, 3.05) is 13.1 Å². The van der Waals surface area contributed by atoms with Crippen LogP contribution in [0.25, 0.3) is 0 Å². The molecule has 2 aliphatic heterocycles. The molecule has 8 heteroatoms. The number of rotatable bonds is 2. The van der Waals surface area contributed by atoms with Crippen molar-refractivity contribution in [1.82, 2.24) is 9.80 Å². The number of aliphatic imine (C=N–C) groups is 1. The van der Waals surface area contributed by atoms with Crippen LogP contribution in [0, 0.1) is 0 Å². The maximum Gasteiger partial charge on any atom is 0.450 e. The van der Waals surface area contributed by atoms with Gasteiger partial charge in [0.15, 0.2) is 0 Å². The second-order valence-electron chi connectivity index (χ2n) is 7.82. The summed E-state index contributed by atoms with van der Waals surface area (Å²) >= 11 is 0. The maximum atomic E-state index is 13.7. The molecular formula is C21H32IN4O3+. The third kappa shape index (κ3) is 5.16. The molecule has 3 amide bonds. The van der Waals surface area contributed by atoms with Crippen molar-refractivity contribution >= 4 is 47.4 Å². The van der Waals surface area contributed by atoms with Gasteiger partial charge in [-0.25, -0.2) is 4.79 Å². The molecule has 0 bridgehead atoms. The Labute approximate surface area is 189 Å². The van der Waals surface area contributed by atoms with E-state index in [0.717, 1.165) is 32.2 Å². The minimum absolute atomic E-state index is 0. The number of primary amides is 1. The van der Waals surface area contributed by atoms with Crippen molar-refractivity contribution in [3.63, 3.8) is 0 Å². The highest BCUT2D eigenvalue weighted by Crippen LogP contribution is 2.35. The Balaban J connectivity index is 0.00000300. The van der Waals surface area contributed by atoms with E-state index >= 15 is 0 Å². The fraction of sp³-hybridized carbons (Fsp3) is 0.571. The van der Waals surface area contributed by atoms with Crippen LogP contribution in [-0.4, -0.2) is 49.1 Å². The Morgan fingerprint density at radius 1 is 1.14 bits per heavy atom. The third-order valence-corrected chi connectivity index (χ3v) is 5.66. The van der Waals surface area contributed by atoms with Crippen molar-refractivity contribution < 1.29 is 14.3 Å². The van der Waals surface area contributed by atoms with Gasteiger partial charge < -0.3 is 15.8 Å². The van der Waals surface area contributed by atoms with Gasteiger partial charge in [0.05, 0.1) is 0 Å². The van der Waals surface area contributed by atoms with E-state index in [9.17, 15) is 9.59 Å². The quantitative estimate of drug-likeness (QED) is 0.467. The fourth-order valence-corrected chi connectivity index (χ4v) is 4.47. The average Bonchev–Trinajstić information content (AvgIpc) is 2.63. The second-order valence-corrected chi connectivity index (χ2v) is 7.82. The van der Waals surface area contributed by atoms with Crippen LogP contribution < -0.4 is 15.5 Å². The first kappa shape index (κ1) is 23.8. The molecular weight excluding hydrogens is 483 g/mol. The summed E-state index contributed by atoms with van der Waals surface area (Å²) in [5, 5.41) is 3.30. The van der Waals surface area contributed by atoms with Gasteiger partial charge in [-0.3, -0.25) is 4.79 Å². The molecule has 7 nitrogen and oxygen atoms in total. The number of carbonyl (C=O) groups is 2. The van der Waals surface area contributed by atoms with E-state index in [1.54, 1.807) is 6.92 Å². The first-order chi connectivity index (χ1) is 13.4. The molecule has 3 rings (SSSR count). The number of amidine groups is 1. The zero-order valence-electron chi connectivity index (χ0n) is 17.2. The van der Waals surface area contributed by atoms with Gasteiger partial charge in [-0.15, -0.1) is 29.0 Å². The van der Waals surface area contributed by atoms with Crippen LogP contribution in [0.5, 0.6) is 0 Å². The number of halogens is 1. The summed E-state index contributed by atoms with van der Waals surface area (Å²) in [5.41, 5.74) is 6.50. The molecule has 2 fully saturated rings. The highest BCUT2D eigenvalue weighted by molar-refractivity contribution is 14.0. The summed E-state index contributed by atoms with van der Waals surface area (Å²) in [4.78, 5) is 30.6. The highest BCUT2D eigenvalue weighted by atomic mass is 127. The van der Waals surface area contributed by atoms with Crippen molar-refractivity contribution in [2.45, 2.75) is 64.2 Å². The van der Waals surface area contributed by atoms with E-state index in [0.29, 0.717) is 18.1 Å². The number of para-hydroxylation sites is 1. The average molecular weight is 515 g/mol. The molecule has 0 saturated carbocycles. The van der Waals surface area contributed by atoms with E-state index in [2.05, 4.69) is 10.3 Å². The number of urea groups is 1. The molecule has 2 heterocycles. The number of hydrogen-bond acceptors (Lipinski definition) is 3. The van der Waals surface area contributed by atoms with Crippen molar-refractivity contribution in [2.24, 2.45) is 10.7 Å². The zero-order chi connectivity index (χ0) is 20.1. The number of quaternary nitrogens is 1. The minimum atomic E-state index is -0.830. The zero-order valence-corrected chi connectivity index (χ0v) is 19.5. The molecule has 29 heavy (non-hydrogen) atoms. The second kappa shape index (κ2) is 10.5. The molecule has 160 valence electrons. The summed E-state index contributed by atoms with van der Waals surface area (Å²) in [6, 6.07) is 8.16. The van der Waals surface area contributed by atoms with Gasteiger partial charge in [0.1, 0.15) is 30.3 Å². The lowest BCUT2D eigenvalue weighted by Gasteiger charge is -2.46. The molecule has 3 N–H and O–H groups in total. The summed E-state index contributed by atoms with van der Waals surface area (Å²) in [6.45, 7) is 4.85. The first-order valence-corrected chi connectivity index (χ1v) is 10.2. The third-order valence-electron chi connectivity index (χ3n) is 5.66. The van der Waals surface area contributed by atoms with Crippen molar-refractivity contribution in [1.29, 1.82) is 0 Å². The van der Waals surface area contributed by atoms with Crippen LogP contribution in [0.15, 0.2) is 35.3 Å². The summed E-state index contributed by atoms with van der Waals surface area (Å²) in [6.07, 6.45) is 4.44. The van der Waals surface area contributed by atoms with Gasteiger partial charge in [0.25, 0.3) is 5.91 Å². The van der Waals surface area contributed by atoms with Crippen LogP contribution in [0.4, 0.5) is 10.5 Å². The van der Waals surface area contributed by atoms with Crippen molar-refractivity contribution in [3.8, 4) is 0 Å². The minimum Gasteiger partial charge on any atom is -0.373 e. The lowest BCUT2D eigenvalue weighted by Crippen LogP contribution is -2.73. The van der Waals surface area contributed by atoms with Crippen LogP contribution in [-0.2, 0) is 9.53 Å². The molecule has 0 radical (unpaired) electrons. The predicted molar refractivity (Wildman–Crippen MR) is 125 cm³/mol. The van der Waals surface area contributed by atoms with E-state index in [4.69, 9.17) is 10.5 Å². The normalized spacial score (nSPS) is 31.7. The van der Waals surface area contributed by atoms with Gasteiger partial charge in [0.2, 0.25) is 6.04 Å². The maximum absolute atomic E-state index is 13.7. The van der Waals surface area contributed by atoms with Crippen molar-refractivity contribution in [3.05, 3.63) is 30.3 Å². The van der Waals surface area contributed by atoms with Crippen LogP contribution in [0.3, 0.4) is 0 Å². The fourth-order valence-electron chi connectivity index (χ4n) is 4.47. The van der Waals surface area contributed by atoms with Gasteiger partial charge in [0, 0.05) is 13.0 Å². The summed E-state index contributed by atoms with van der Waals surface area (Å²) < 4.78 is 5.65. The van der Waals surface area contributed by atoms with Crippen LogP contribution in [0.1, 0.15) is 46.0 Å². The Kier molecular flexibility index (Phi) is 8.59. The molecule has 0 aromatic heterocycles. The summed E-state index contributed by atoms with van der Waals surface area (Å²) in [7, 11) is 0. The predicted octanol–water partition coefficient (Wildman–Crippen LogP) is 3.35. The number of benzene rings is 1. The number of nitrogens with two attached hydrogens (primary N) is 1. The van der Waals surface area contributed by atoms with E-state index < -0.39 is 18.1 Å². The first-order valence-electron chi connectivity index (χ1n) is 10.2. The molecule has 1 aromatic rings. The number of ether oxygens (including phenoxy) is 1.